The molecule has 3 aromatic heterocycles. The van der Waals surface area contributed by atoms with E-state index >= 15 is 0 Å². The van der Waals surface area contributed by atoms with Gasteiger partial charge in [0, 0.05) is 30.9 Å². The number of nitrogens with zero attached hydrogens (tertiary/aromatic N) is 6. The molecule has 0 radical (unpaired) electrons. The minimum atomic E-state index is -0.630. The van der Waals surface area contributed by atoms with Crippen molar-refractivity contribution < 1.29 is 9.84 Å². The van der Waals surface area contributed by atoms with Crippen LogP contribution < -0.4 is 4.90 Å². The minimum Gasteiger partial charge on any atom is -0.388 e. The van der Waals surface area contributed by atoms with Gasteiger partial charge in [0.15, 0.2) is 11.5 Å². The zero-order valence-corrected chi connectivity index (χ0v) is 18.1. The predicted molar refractivity (Wildman–Crippen MR) is 122 cm³/mol. The average molecular weight is 431 g/mol. The third-order valence-electron chi connectivity index (χ3n) is 6.32. The molecule has 1 aliphatic heterocycles. The number of hydrogen-bond donors (Lipinski definition) is 1. The summed E-state index contributed by atoms with van der Waals surface area (Å²) in [5, 5.41) is 15.3. The summed E-state index contributed by atoms with van der Waals surface area (Å²) >= 11 is 0. The number of aryl methyl sites for hydroxylation is 1. The summed E-state index contributed by atoms with van der Waals surface area (Å²) in [4.78, 5) is 11.9. The lowest BCUT2D eigenvalue weighted by molar-refractivity contribution is 0.123. The van der Waals surface area contributed by atoms with Crippen molar-refractivity contribution in [2.75, 3.05) is 31.2 Å². The fraction of sp³-hybridized carbons (Fsp3) is 0.375. The summed E-state index contributed by atoms with van der Waals surface area (Å²) in [6.07, 6.45) is 5.39. The second-order valence-corrected chi connectivity index (χ2v) is 8.88. The molecule has 8 heteroatoms. The fourth-order valence-electron chi connectivity index (χ4n) is 4.31. The Hall–Kier alpha value is -3.23. The minimum absolute atomic E-state index is 0.510. The van der Waals surface area contributed by atoms with Crippen LogP contribution in [0, 0.1) is 6.92 Å². The lowest BCUT2D eigenvalue weighted by Crippen LogP contribution is -2.36. The lowest BCUT2D eigenvalue weighted by atomic mass is 10.1. The quantitative estimate of drug-likeness (QED) is 0.524. The van der Waals surface area contributed by atoms with Crippen LogP contribution in [-0.2, 0) is 11.3 Å². The van der Waals surface area contributed by atoms with Gasteiger partial charge in [0.05, 0.1) is 43.1 Å². The molecule has 32 heavy (non-hydrogen) atoms. The van der Waals surface area contributed by atoms with Crippen LogP contribution in [0.1, 0.15) is 18.4 Å². The highest BCUT2D eigenvalue weighted by Gasteiger charge is 2.41. The monoisotopic (exact) mass is 430 g/mol. The summed E-state index contributed by atoms with van der Waals surface area (Å²) in [5.41, 5.74) is 5.22. The third kappa shape index (κ3) is 3.55. The van der Waals surface area contributed by atoms with Crippen molar-refractivity contribution in [3.05, 3.63) is 54.5 Å². The van der Waals surface area contributed by atoms with Crippen molar-refractivity contribution in [2.45, 2.75) is 31.9 Å². The van der Waals surface area contributed by atoms with Gasteiger partial charge in [-0.2, -0.15) is 5.10 Å². The Bertz CT molecular complexity index is 1280. The Morgan fingerprint density at radius 1 is 1.12 bits per heavy atom. The smallest absolute Gasteiger partial charge is 0.164 e. The molecular formula is C24H26N6O2. The first-order chi connectivity index (χ1) is 15.6. The number of rotatable bonds is 5. The highest BCUT2D eigenvalue weighted by molar-refractivity contribution is 5.87. The zero-order valence-electron chi connectivity index (χ0n) is 18.1. The largest absolute Gasteiger partial charge is 0.388 e. The molecule has 1 aromatic carbocycles. The highest BCUT2D eigenvalue weighted by Crippen LogP contribution is 2.38. The number of benzene rings is 1. The van der Waals surface area contributed by atoms with Crippen molar-refractivity contribution in [1.82, 2.24) is 24.3 Å². The first kappa shape index (κ1) is 19.5. The van der Waals surface area contributed by atoms with Gasteiger partial charge in [-0.25, -0.2) is 14.6 Å². The Morgan fingerprint density at radius 3 is 2.75 bits per heavy atom. The van der Waals surface area contributed by atoms with E-state index in [0.29, 0.717) is 19.8 Å². The van der Waals surface area contributed by atoms with E-state index in [-0.39, 0.29) is 0 Å². The molecule has 4 aromatic rings. The van der Waals surface area contributed by atoms with Crippen molar-refractivity contribution >= 4 is 16.9 Å². The van der Waals surface area contributed by atoms with Crippen LogP contribution in [0.25, 0.3) is 28.2 Å². The normalized spacial score (nSPS) is 17.8. The molecule has 1 saturated carbocycles. The van der Waals surface area contributed by atoms with E-state index in [1.807, 2.05) is 27.6 Å². The summed E-state index contributed by atoms with van der Waals surface area (Å²) in [6, 6.07) is 12.4. The summed E-state index contributed by atoms with van der Waals surface area (Å²) in [6.45, 7) is 5.60. The number of pyridine rings is 1. The number of imidazole rings is 1. The van der Waals surface area contributed by atoms with E-state index in [0.717, 1.165) is 59.9 Å². The van der Waals surface area contributed by atoms with E-state index in [4.69, 9.17) is 14.8 Å². The van der Waals surface area contributed by atoms with E-state index in [9.17, 15) is 5.11 Å². The van der Waals surface area contributed by atoms with Crippen molar-refractivity contribution in [2.24, 2.45) is 0 Å². The second kappa shape index (κ2) is 7.43. The first-order valence-electron chi connectivity index (χ1n) is 11.1. The molecule has 8 nitrogen and oxygen atoms in total. The summed E-state index contributed by atoms with van der Waals surface area (Å²) in [7, 11) is 0. The fourth-order valence-corrected chi connectivity index (χ4v) is 4.31. The molecular weight excluding hydrogens is 404 g/mol. The maximum absolute atomic E-state index is 10.5. The first-order valence-corrected chi connectivity index (χ1v) is 11.1. The van der Waals surface area contributed by atoms with Gasteiger partial charge >= 0.3 is 0 Å². The lowest BCUT2D eigenvalue weighted by Gasteiger charge is -2.29. The Morgan fingerprint density at radius 2 is 1.97 bits per heavy atom. The van der Waals surface area contributed by atoms with E-state index < -0.39 is 5.60 Å². The molecule has 2 aliphatic rings. The number of morpholine rings is 1. The van der Waals surface area contributed by atoms with Crippen molar-refractivity contribution in [1.29, 1.82) is 0 Å². The number of hydrogen-bond acceptors (Lipinski definition) is 6. The Balaban J connectivity index is 1.45. The van der Waals surface area contributed by atoms with Crippen LogP contribution in [-0.4, -0.2) is 61.3 Å². The van der Waals surface area contributed by atoms with Crippen LogP contribution in [0.4, 0.5) is 5.69 Å². The average Bonchev–Trinajstić information content (AvgIpc) is 3.19. The standard InChI is InChI=1S/C24H26N6O2/c1-17-3-2-4-18(13-17)19-5-8-30(27-19)21-14-20(28-9-11-32-12-10-28)22-23(26-21)29(16-25-22)15-24(31)6-7-24/h2-5,8,13-14,16,31H,6-7,9-12,15H2,1H3. The maximum atomic E-state index is 10.5. The molecule has 1 aliphatic carbocycles. The number of aliphatic hydroxyl groups is 1. The Labute approximate surface area is 186 Å². The molecule has 6 rings (SSSR count). The molecule has 2 fully saturated rings. The topological polar surface area (TPSA) is 81.2 Å². The molecule has 0 unspecified atom stereocenters. The van der Waals surface area contributed by atoms with E-state index in [1.165, 1.54) is 5.56 Å². The number of ether oxygens (including phenoxy) is 1. The summed E-state index contributed by atoms with van der Waals surface area (Å²) < 4.78 is 9.35. The van der Waals surface area contributed by atoms with Crippen LogP contribution in [0.2, 0.25) is 0 Å². The maximum Gasteiger partial charge on any atom is 0.164 e. The van der Waals surface area contributed by atoms with Crippen LogP contribution in [0.5, 0.6) is 0 Å². The summed E-state index contributed by atoms with van der Waals surface area (Å²) in [5.74, 6) is 0.738. The van der Waals surface area contributed by atoms with Crippen molar-refractivity contribution in [3.63, 3.8) is 0 Å². The zero-order chi connectivity index (χ0) is 21.7. The molecule has 1 saturated heterocycles. The van der Waals surface area contributed by atoms with Gasteiger partial charge in [-0.15, -0.1) is 0 Å². The van der Waals surface area contributed by atoms with Crippen LogP contribution >= 0.6 is 0 Å². The van der Waals surface area contributed by atoms with Gasteiger partial charge < -0.3 is 19.3 Å². The second-order valence-electron chi connectivity index (χ2n) is 8.88. The molecule has 0 spiro atoms. The van der Waals surface area contributed by atoms with Gasteiger partial charge in [-0.3, -0.25) is 0 Å². The van der Waals surface area contributed by atoms with Crippen molar-refractivity contribution in [3.8, 4) is 17.1 Å². The molecule has 0 amide bonds. The van der Waals surface area contributed by atoms with E-state index in [2.05, 4.69) is 41.1 Å². The number of fused-ring (bicyclic) bond motifs is 1. The highest BCUT2D eigenvalue weighted by atomic mass is 16.5. The number of aromatic nitrogens is 5. The molecule has 0 bridgehead atoms. The Kier molecular flexibility index (Phi) is 4.51. The molecule has 1 N–H and O–H groups in total. The van der Waals surface area contributed by atoms with Gasteiger partial charge in [0.25, 0.3) is 0 Å². The molecule has 164 valence electrons. The third-order valence-corrected chi connectivity index (χ3v) is 6.32. The van der Waals surface area contributed by atoms with Gasteiger partial charge in [-0.1, -0.05) is 23.8 Å². The molecule has 4 heterocycles. The van der Waals surface area contributed by atoms with Crippen LogP contribution in [0.15, 0.2) is 48.9 Å². The number of anilines is 1. The van der Waals surface area contributed by atoms with Gasteiger partial charge in [0.1, 0.15) is 5.52 Å². The van der Waals surface area contributed by atoms with E-state index in [1.54, 1.807) is 6.33 Å². The predicted octanol–water partition coefficient (Wildman–Crippen LogP) is 2.95. The van der Waals surface area contributed by atoms with Crippen LogP contribution in [0.3, 0.4) is 0 Å². The van der Waals surface area contributed by atoms with Gasteiger partial charge in [-0.05, 0) is 31.9 Å². The molecule has 0 atom stereocenters. The SMILES string of the molecule is Cc1cccc(-c2ccn(-c3cc(N4CCOCC4)c4ncn(CC5(O)CC5)c4n3)n2)c1. The van der Waals surface area contributed by atoms with Gasteiger partial charge in [0.2, 0.25) is 0 Å².